The highest BCUT2D eigenvalue weighted by atomic mass is 32.2. The summed E-state index contributed by atoms with van der Waals surface area (Å²) in [5.74, 6) is 1.05. The number of aryl methyl sites for hydroxylation is 2. The van der Waals surface area contributed by atoms with Gasteiger partial charge in [0.05, 0.1) is 12.0 Å². The first-order chi connectivity index (χ1) is 18.2. The minimum absolute atomic E-state index is 0.132. The van der Waals surface area contributed by atoms with Gasteiger partial charge >= 0.3 is 0 Å². The molecule has 4 rings (SSSR count). The Hall–Kier alpha value is -3.67. The molecule has 0 unspecified atom stereocenters. The Labute approximate surface area is 227 Å². The number of sulfonamides is 1. The van der Waals surface area contributed by atoms with E-state index in [1.54, 1.807) is 19.2 Å². The van der Waals surface area contributed by atoms with E-state index in [0.29, 0.717) is 0 Å². The lowest BCUT2D eigenvalue weighted by Gasteiger charge is -2.22. The van der Waals surface area contributed by atoms with Crippen molar-refractivity contribution in [3.05, 3.63) is 130 Å². The molecule has 1 N–H and O–H groups in total. The lowest BCUT2D eigenvalue weighted by atomic mass is 9.84. The summed E-state index contributed by atoms with van der Waals surface area (Å²) in [6.07, 6.45) is 0. The van der Waals surface area contributed by atoms with Crippen LogP contribution < -0.4 is 9.46 Å². The van der Waals surface area contributed by atoms with Gasteiger partial charge in [0.15, 0.2) is 0 Å². The maximum atomic E-state index is 13.3. The normalized spacial score (nSPS) is 12.4. The summed E-state index contributed by atoms with van der Waals surface area (Å²) in [5, 5.41) is 0. The summed E-state index contributed by atoms with van der Waals surface area (Å²) in [7, 11) is -2.08. The van der Waals surface area contributed by atoms with E-state index in [2.05, 4.69) is 61.0 Å². The average molecular weight is 526 g/mol. The molecule has 4 aromatic rings. The van der Waals surface area contributed by atoms with Crippen molar-refractivity contribution in [2.45, 2.75) is 38.5 Å². The van der Waals surface area contributed by atoms with Crippen LogP contribution in [0.25, 0.3) is 11.1 Å². The Morgan fingerprint density at radius 3 is 1.89 bits per heavy atom. The van der Waals surface area contributed by atoms with Crippen molar-refractivity contribution in [3.63, 3.8) is 0 Å². The molecule has 0 saturated carbocycles. The fourth-order valence-corrected chi connectivity index (χ4v) is 5.53. The van der Waals surface area contributed by atoms with Crippen LogP contribution in [0.5, 0.6) is 5.75 Å². The number of benzene rings is 4. The molecule has 0 spiro atoms. The van der Waals surface area contributed by atoms with Gasteiger partial charge in [-0.2, -0.15) is 0 Å². The Morgan fingerprint density at radius 1 is 0.763 bits per heavy atom. The number of methoxy groups -OCH3 is 1. The fourth-order valence-electron chi connectivity index (χ4n) is 4.54. The van der Waals surface area contributed by atoms with Crippen molar-refractivity contribution in [2.24, 2.45) is 0 Å². The molecule has 0 amide bonds. The molecule has 0 bridgehead atoms. The van der Waals surface area contributed by atoms with E-state index in [4.69, 9.17) is 4.74 Å². The van der Waals surface area contributed by atoms with Crippen molar-refractivity contribution in [1.29, 1.82) is 0 Å². The minimum atomic E-state index is -3.73. The van der Waals surface area contributed by atoms with Crippen molar-refractivity contribution in [1.82, 2.24) is 4.72 Å². The van der Waals surface area contributed by atoms with Gasteiger partial charge in [0.1, 0.15) is 5.75 Å². The van der Waals surface area contributed by atoms with Crippen LogP contribution in [0.3, 0.4) is 0 Å². The molecule has 0 atom stereocenters. The zero-order chi connectivity index (χ0) is 27.3. The molecule has 0 saturated heterocycles. The Balaban J connectivity index is 1.95. The number of hydrogen-bond donors (Lipinski definition) is 1. The Bertz CT molecular complexity index is 1520. The molecule has 0 aliphatic heterocycles. The van der Waals surface area contributed by atoms with Crippen LogP contribution >= 0.6 is 0 Å². The molecule has 0 radical (unpaired) electrons. The molecule has 0 aliphatic carbocycles. The third kappa shape index (κ3) is 6.24. The molecule has 38 heavy (non-hydrogen) atoms. The summed E-state index contributed by atoms with van der Waals surface area (Å²) < 4.78 is 35.0. The van der Waals surface area contributed by atoms with Gasteiger partial charge in [0.25, 0.3) is 0 Å². The standard InChI is InChI=1S/C33H35NO3S/c1-23(2)30-8-6-7-9-31(30)33(27-16-18-28(37-5)19-17-27)32(26-14-10-24(3)11-15-26)22-34-38(35,36)29-20-12-25(4)13-21-29/h6-21,23,34H,22H2,1-5H3/b33-32+. The van der Waals surface area contributed by atoms with Gasteiger partial charge in [-0.25, -0.2) is 13.1 Å². The van der Waals surface area contributed by atoms with E-state index >= 15 is 0 Å². The van der Waals surface area contributed by atoms with Crippen molar-refractivity contribution in [3.8, 4) is 5.75 Å². The van der Waals surface area contributed by atoms with Crippen LogP contribution in [-0.4, -0.2) is 22.1 Å². The molecule has 0 aliphatic rings. The summed E-state index contributed by atoms with van der Waals surface area (Å²) in [6.45, 7) is 8.47. The molecule has 4 aromatic carbocycles. The highest BCUT2D eigenvalue weighted by Crippen LogP contribution is 2.37. The van der Waals surface area contributed by atoms with Crippen molar-refractivity contribution < 1.29 is 13.2 Å². The van der Waals surface area contributed by atoms with Crippen molar-refractivity contribution in [2.75, 3.05) is 13.7 Å². The highest BCUT2D eigenvalue weighted by molar-refractivity contribution is 7.89. The van der Waals surface area contributed by atoms with Gasteiger partial charge in [-0.3, -0.25) is 0 Å². The molecule has 4 nitrogen and oxygen atoms in total. The number of ether oxygens (including phenoxy) is 1. The molecule has 196 valence electrons. The SMILES string of the molecule is COc1ccc(/C(=C(/CNS(=O)(=O)c2ccc(C)cc2)c2ccc(C)cc2)c2ccccc2C(C)C)cc1. The number of nitrogens with one attached hydrogen (secondary N) is 1. The van der Waals surface area contributed by atoms with Gasteiger partial charge in [-0.1, -0.05) is 97.8 Å². The summed E-state index contributed by atoms with van der Waals surface area (Å²) >= 11 is 0. The van der Waals surface area contributed by atoms with Gasteiger partial charge in [0, 0.05) is 6.54 Å². The molecule has 5 heteroatoms. The third-order valence-electron chi connectivity index (χ3n) is 6.70. The van der Waals surface area contributed by atoms with E-state index in [0.717, 1.165) is 44.7 Å². The fraction of sp³-hybridized carbons (Fsp3) is 0.212. The average Bonchev–Trinajstić information content (AvgIpc) is 2.92. The quantitative estimate of drug-likeness (QED) is 0.232. The lowest BCUT2D eigenvalue weighted by Crippen LogP contribution is -2.26. The van der Waals surface area contributed by atoms with Crippen molar-refractivity contribution >= 4 is 21.2 Å². The maximum absolute atomic E-state index is 13.3. The minimum Gasteiger partial charge on any atom is -0.497 e. The summed E-state index contributed by atoms with van der Waals surface area (Å²) in [4.78, 5) is 0.250. The van der Waals surface area contributed by atoms with E-state index in [1.165, 1.54) is 5.56 Å². The topological polar surface area (TPSA) is 55.4 Å². The Morgan fingerprint density at radius 2 is 1.32 bits per heavy atom. The first-order valence-corrected chi connectivity index (χ1v) is 14.3. The summed E-state index contributed by atoms with van der Waals surface area (Å²) in [6, 6.07) is 31.5. The van der Waals surface area contributed by atoms with E-state index in [-0.39, 0.29) is 17.4 Å². The second-order valence-electron chi connectivity index (χ2n) is 9.83. The smallest absolute Gasteiger partial charge is 0.240 e. The second-order valence-corrected chi connectivity index (χ2v) is 11.6. The molecular formula is C33H35NO3S. The van der Waals surface area contributed by atoms with E-state index in [1.807, 2.05) is 56.3 Å². The predicted octanol–water partition coefficient (Wildman–Crippen LogP) is 7.37. The van der Waals surface area contributed by atoms with Gasteiger partial charge in [-0.05, 0) is 77.4 Å². The van der Waals surface area contributed by atoms with Crippen LogP contribution in [-0.2, 0) is 10.0 Å². The molecule has 0 fully saturated rings. The Kier molecular flexibility index (Phi) is 8.50. The monoisotopic (exact) mass is 525 g/mol. The molecule has 0 heterocycles. The third-order valence-corrected chi connectivity index (χ3v) is 8.12. The first kappa shape index (κ1) is 27.4. The zero-order valence-corrected chi connectivity index (χ0v) is 23.5. The van der Waals surface area contributed by atoms with E-state index < -0.39 is 10.0 Å². The van der Waals surface area contributed by atoms with Crippen LogP contribution in [0.1, 0.15) is 53.1 Å². The lowest BCUT2D eigenvalue weighted by molar-refractivity contribution is 0.415. The zero-order valence-electron chi connectivity index (χ0n) is 22.7. The van der Waals surface area contributed by atoms with Crippen LogP contribution in [0.2, 0.25) is 0 Å². The molecular weight excluding hydrogens is 490 g/mol. The predicted molar refractivity (Wildman–Crippen MR) is 157 cm³/mol. The van der Waals surface area contributed by atoms with Crippen LogP contribution in [0.4, 0.5) is 0 Å². The number of hydrogen-bond acceptors (Lipinski definition) is 3. The van der Waals surface area contributed by atoms with Gasteiger partial charge in [-0.15, -0.1) is 0 Å². The highest BCUT2D eigenvalue weighted by Gasteiger charge is 2.21. The van der Waals surface area contributed by atoms with Crippen LogP contribution in [0.15, 0.2) is 102 Å². The second kappa shape index (κ2) is 11.8. The number of rotatable bonds is 9. The molecule has 0 aromatic heterocycles. The van der Waals surface area contributed by atoms with E-state index in [9.17, 15) is 8.42 Å². The summed E-state index contributed by atoms with van der Waals surface area (Å²) in [5.41, 5.74) is 8.28. The van der Waals surface area contributed by atoms with Gasteiger partial charge < -0.3 is 4.74 Å². The largest absolute Gasteiger partial charge is 0.497 e. The first-order valence-electron chi connectivity index (χ1n) is 12.8. The van der Waals surface area contributed by atoms with Crippen LogP contribution in [0, 0.1) is 13.8 Å². The van der Waals surface area contributed by atoms with Gasteiger partial charge in [0.2, 0.25) is 10.0 Å². The maximum Gasteiger partial charge on any atom is 0.240 e.